The maximum absolute atomic E-state index is 12.4. The Morgan fingerprint density at radius 2 is 2.06 bits per heavy atom. The Hall–Kier alpha value is -3.03. The molecule has 33 heavy (non-hydrogen) atoms. The van der Waals surface area contributed by atoms with E-state index in [9.17, 15) is 9.90 Å². The van der Waals surface area contributed by atoms with Gasteiger partial charge in [-0.05, 0) is 63.3 Å². The van der Waals surface area contributed by atoms with E-state index in [2.05, 4.69) is 24.0 Å². The van der Waals surface area contributed by atoms with Crippen LogP contribution in [0.25, 0.3) is 22.0 Å². The number of carbonyl (C=O) groups excluding carboxylic acids is 1. The average Bonchev–Trinajstić information content (AvgIpc) is 3.17. The molecule has 174 valence electrons. The minimum atomic E-state index is -0.487. The van der Waals surface area contributed by atoms with Crippen LogP contribution in [0.2, 0.25) is 5.02 Å². The summed E-state index contributed by atoms with van der Waals surface area (Å²) in [7, 11) is 3.94. The molecule has 8 heteroatoms. The van der Waals surface area contributed by atoms with Gasteiger partial charge in [-0.1, -0.05) is 23.7 Å². The molecule has 0 atom stereocenters. The third-order valence-electron chi connectivity index (χ3n) is 6.08. The maximum atomic E-state index is 12.4. The lowest BCUT2D eigenvalue weighted by molar-refractivity contribution is -0.137. The van der Waals surface area contributed by atoms with Crippen molar-refractivity contribution in [2.45, 2.75) is 19.4 Å². The average molecular weight is 469 g/mol. The zero-order valence-corrected chi connectivity index (χ0v) is 20.1. The first-order valence-corrected chi connectivity index (χ1v) is 11.3. The zero-order valence-electron chi connectivity index (χ0n) is 19.3. The number of hydrogen-bond acceptors (Lipinski definition) is 5. The molecule has 0 saturated carbocycles. The quantitative estimate of drug-likeness (QED) is 0.504. The van der Waals surface area contributed by atoms with Gasteiger partial charge in [0, 0.05) is 31.6 Å². The van der Waals surface area contributed by atoms with Crippen LogP contribution >= 0.6 is 11.6 Å². The second-order valence-electron chi connectivity index (χ2n) is 9.28. The monoisotopic (exact) mass is 468 g/mol. The molecular formula is C25H29ClN4O3. The number of nitrogens with zero attached hydrogens (tertiary/aromatic N) is 3. The van der Waals surface area contributed by atoms with E-state index in [-0.39, 0.29) is 17.6 Å². The van der Waals surface area contributed by atoms with E-state index in [1.165, 1.54) is 0 Å². The molecule has 3 aromatic rings. The Labute approximate surface area is 198 Å². The second-order valence-corrected chi connectivity index (χ2v) is 9.69. The molecule has 0 spiro atoms. The number of amides is 1. The number of likely N-dealkylation sites (N-methyl/N-ethyl adjacent to an activating group) is 1. The Balaban J connectivity index is 1.51. The lowest BCUT2D eigenvalue weighted by atomic mass is 9.84. The molecule has 0 unspecified atom stereocenters. The number of phenols is 1. The Morgan fingerprint density at radius 1 is 1.30 bits per heavy atom. The van der Waals surface area contributed by atoms with Crippen molar-refractivity contribution in [3.63, 3.8) is 0 Å². The van der Waals surface area contributed by atoms with Crippen molar-refractivity contribution in [2.24, 2.45) is 5.92 Å². The van der Waals surface area contributed by atoms with Crippen LogP contribution < -0.4 is 4.74 Å². The number of rotatable bonds is 7. The second kappa shape index (κ2) is 9.08. The minimum absolute atomic E-state index is 0.0346. The molecule has 7 nitrogen and oxygen atoms in total. The summed E-state index contributed by atoms with van der Waals surface area (Å²) in [4.78, 5) is 16.2. The van der Waals surface area contributed by atoms with Crippen molar-refractivity contribution in [1.29, 1.82) is 0 Å². The van der Waals surface area contributed by atoms with Gasteiger partial charge in [-0.3, -0.25) is 9.89 Å². The molecule has 2 heterocycles. The molecule has 1 fully saturated rings. The van der Waals surface area contributed by atoms with Gasteiger partial charge in [-0.15, -0.1) is 0 Å². The predicted molar refractivity (Wildman–Crippen MR) is 131 cm³/mol. The number of H-pyrrole nitrogens is 1. The highest BCUT2D eigenvalue weighted by Crippen LogP contribution is 2.38. The van der Waals surface area contributed by atoms with Crippen LogP contribution in [0, 0.1) is 5.92 Å². The number of fused-ring (bicyclic) bond motifs is 1. The number of hydrogen-bond donors (Lipinski definition) is 2. The van der Waals surface area contributed by atoms with Crippen LogP contribution in [0.4, 0.5) is 0 Å². The van der Waals surface area contributed by atoms with Gasteiger partial charge in [0.15, 0.2) is 0 Å². The number of aromatic nitrogens is 2. The van der Waals surface area contributed by atoms with E-state index in [1.807, 2.05) is 48.2 Å². The highest BCUT2D eigenvalue weighted by molar-refractivity contribution is 6.32. The van der Waals surface area contributed by atoms with Gasteiger partial charge in [0.1, 0.15) is 17.1 Å². The van der Waals surface area contributed by atoms with Gasteiger partial charge < -0.3 is 19.6 Å². The molecule has 0 bridgehead atoms. The van der Waals surface area contributed by atoms with Crippen LogP contribution in [0.5, 0.6) is 11.5 Å². The van der Waals surface area contributed by atoms with E-state index in [0.717, 1.165) is 28.6 Å². The van der Waals surface area contributed by atoms with Gasteiger partial charge in [-0.2, -0.15) is 5.10 Å². The number of aromatic hydroxyl groups is 1. The molecule has 1 aromatic heterocycles. The van der Waals surface area contributed by atoms with Gasteiger partial charge in [-0.25, -0.2) is 0 Å². The zero-order chi connectivity index (χ0) is 23.8. The van der Waals surface area contributed by atoms with Gasteiger partial charge in [0.05, 0.1) is 22.1 Å². The van der Waals surface area contributed by atoms with Crippen LogP contribution in [0.15, 0.2) is 48.7 Å². The number of phenolic OH excluding ortho intramolecular Hbond substituents is 1. The van der Waals surface area contributed by atoms with Crippen LogP contribution in [0.3, 0.4) is 0 Å². The summed E-state index contributed by atoms with van der Waals surface area (Å²) in [6.07, 6.45) is 5.28. The molecule has 2 N–H and O–H groups in total. The fourth-order valence-corrected chi connectivity index (χ4v) is 4.07. The summed E-state index contributed by atoms with van der Waals surface area (Å²) in [5, 5.41) is 18.1. The fourth-order valence-electron chi connectivity index (χ4n) is 3.89. The first kappa shape index (κ1) is 23.1. The number of likely N-dealkylation sites (tertiary alicyclic amines) is 1. The lowest BCUT2D eigenvalue weighted by Gasteiger charge is -2.47. The molecule has 1 aliphatic heterocycles. The minimum Gasteiger partial charge on any atom is -0.506 e. The molecular weight excluding hydrogens is 440 g/mol. The normalized spacial score (nSPS) is 14.9. The summed E-state index contributed by atoms with van der Waals surface area (Å²) in [6.45, 7) is 6.15. The van der Waals surface area contributed by atoms with Crippen LogP contribution in [0.1, 0.15) is 13.8 Å². The van der Waals surface area contributed by atoms with E-state index in [1.54, 1.807) is 24.4 Å². The van der Waals surface area contributed by atoms with E-state index >= 15 is 0 Å². The maximum Gasteiger partial charge on any atom is 0.246 e. The largest absolute Gasteiger partial charge is 0.506 e. The first-order chi connectivity index (χ1) is 15.6. The molecule has 1 saturated heterocycles. The van der Waals surface area contributed by atoms with E-state index in [4.69, 9.17) is 16.3 Å². The molecule has 1 aliphatic rings. The van der Waals surface area contributed by atoms with Crippen LogP contribution in [-0.2, 0) is 4.79 Å². The number of nitrogens with one attached hydrogen (secondary N) is 1. The number of ether oxygens (including phenoxy) is 1. The Kier molecular flexibility index (Phi) is 6.36. The summed E-state index contributed by atoms with van der Waals surface area (Å²) in [6, 6.07) is 9.06. The number of halogens is 1. The van der Waals surface area contributed by atoms with Gasteiger partial charge in [0.2, 0.25) is 5.91 Å². The highest BCUT2D eigenvalue weighted by atomic mass is 35.5. The van der Waals surface area contributed by atoms with Crippen LogP contribution in [-0.4, -0.2) is 70.3 Å². The topological polar surface area (TPSA) is 81.7 Å². The number of carbonyl (C=O) groups is 1. The van der Waals surface area contributed by atoms with E-state index < -0.39 is 5.60 Å². The van der Waals surface area contributed by atoms with Crippen molar-refractivity contribution < 1.29 is 14.6 Å². The summed E-state index contributed by atoms with van der Waals surface area (Å²) in [5.74, 6) is 0.993. The SMILES string of the molecule is CN(C)C/C=C/C(=O)N1CC(C(C)(C)Oc2cc(-c3ccc(O)c(Cl)c3)cc3[nH]ncc23)C1. The molecule has 2 aromatic carbocycles. The molecule has 4 rings (SSSR count). The summed E-state index contributed by atoms with van der Waals surface area (Å²) >= 11 is 6.12. The van der Waals surface area contributed by atoms with Crippen molar-refractivity contribution in [3.05, 3.63) is 53.7 Å². The Bertz CT molecular complexity index is 1200. The molecule has 1 amide bonds. The van der Waals surface area contributed by atoms with E-state index in [0.29, 0.717) is 23.9 Å². The molecule has 0 aliphatic carbocycles. The standard InChI is InChI=1S/C25H29ClN4O3/c1-25(2,18-14-30(15-18)24(32)6-5-9-29(3)4)33-23-12-17(11-21-19(23)13-27-28-21)16-7-8-22(31)20(26)10-16/h5-8,10-13,18,31H,9,14-15H2,1-4H3,(H,27,28)/b6-5+. The number of benzene rings is 2. The number of aromatic amines is 1. The fraction of sp³-hybridized carbons (Fsp3) is 0.360. The van der Waals surface area contributed by atoms with Crippen molar-refractivity contribution >= 4 is 28.4 Å². The third-order valence-corrected chi connectivity index (χ3v) is 6.38. The third kappa shape index (κ3) is 4.99. The first-order valence-electron chi connectivity index (χ1n) is 10.9. The predicted octanol–water partition coefficient (Wildman–Crippen LogP) is 4.32. The van der Waals surface area contributed by atoms with Crippen molar-refractivity contribution in [3.8, 4) is 22.6 Å². The van der Waals surface area contributed by atoms with Crippen molar-refractivity contribution in [1.82, 2.24) is 20.0 Å². The van der Waals surface area contributed by atoms with Gasteiger partial charge in [0.25, 0.3) is 0 Å². The smallest absolute Gasteiger partial charge is 0.246 e. The summed E-state index contributed by atoms with van der Waals surface area (Å²) in [5.41, 5.74) is 2.12. The Morgan fingerprint density at radius 3 is 2.76 bits per heavy atom. The molecule has 0 radical (unpaired) electrons. The van der Waals surface area contributed by atoms with Crippen molar-refractivity contribution in [2.75, 3.05) is 33.7 Å². The lowest BCUT2D eigenvalue weighted by Crippen LogP contribution is -2.59. The summed E-state index contributed by atoms with van der Waals surface area (Å²) < 4.78 is 6.53. The van der Waals surface area contributed by atoms with Gasteiger partial charge >= 0.3 is 0 Å². The highest BCUT2D eigenvalue weighted by Gasteiger charge is 2.42.